The van der Waals surface area contributed by atoms with Gasteiger partial charge in [0.05, 0.1) is 14.2 Å². The SMILES string of the molecule is COc1cc2c(cc1OC)C(=O)N(C1CCCN(CC3COc4ccccc4O3)C1)C2. The predicted molar refractivity (Wildman–Crippen MR) is 115 cm³/mol. The van der Waals surface area contributed by atoms with Gasteiger partial charge < -0.3 is 23.8 Å². The van der Waals surface area contributed by atoms with E-state index in [1.165, 1.54) is 0 Å². The predicted octanol–water partition coefficient (Wildman–Crippen LogP) is 2.96. The highest BCUT2D eigenvalue weighted by atomic mass is 16.6. The lowest BCUT2D eigenvalue weighted by Gasteiger charge is -2.39. The zero-order valence-electron chi connectivity index (χ0n) is 18.0. The van der Waals surface area contributed by atoms with Crippen molar-refractivity contribution in [2.75, 3.05) is 40.5 Å². The third kappa shape index (κ3) is 3.78. The average Bonchev–Trinajstić information content (AvgIpc) is 3.13. The van der Waals surface area contributed by atoms with Crippen molar-refractivity contribution in [3.8, 4) is 23.0 Å². The fourth-order valence-corrected chi connectivity index (χ4v) is 4.85. The summed E-state index contributed by atoms with van der Waals surface area (Å²) in [5, 5.41) is 0. The molecule has 2 unspecified atom stereocenters. The van der Waals surface area contributed by atoms with Crippen LogP contribution in [0.15, 0.2) is 36.4 Å². The lowest BCUT2D eigenvalue weighted by molar-refractivity contribution is 0.0306. The molecule has 164 valence electrons. The molecule has 2 aromatic carbocycles. The van der Waals surface area contributed by atoms with Gasteiger partial charge in [-0.3, -0.25) is 9.69 Å². The molecule has 1 saturated heterocycles. The minimum atomic E-state index is -0.00588. The number of methoxy groups -OCH3 is 2. The van der Waals surface area contributed by atoms with Crippen molar-refractivity contribution in [1.82, 2.24) is 9.80 Å². The number of para-hydroxylation sites is 2. The average molecular weight is 424 g/mol. The summed E-state index contributed by atoms with van der Waals surface area (Å²) in [4.78, 5) is 17.6. The maximum absolute atomic E-state index is 13.2. The molecule has 3 aliphatic rings. The summed E-state index contributed by atoms with van der Waals surface area (Å²) in [6, 6.07) is 11.7. The van der Waals surface area contributed by atoms with E-state index in [1.54, 1.807) is 14.2 Å². The number of piperidine rings is 1. The van der Waals surface area contributed by atoms with Gasteiger partial charge in [-0.1, -0.05) is 12.1 Å². The van der Waals surface area contributed by atoms with Crippen LogP contribution in [0.3, 0.4) is 0 Å². The van der Waals surface area contributed by atoms with Crippen molar-refractivity contribution in [1.29, 1.82) is 0 Å². The molecule has 0 bridgehead atoms. The molecule has 0 spiro atoms. The Labute approximate surface area is 182 Å². The van der Waals surface area contributed by atoms with Crippen molar-refractivity contribution in [3.05, 3.63) is 47.5 Å². The molecule has 5 rings (SSSR count). The quantitative estimate of drug-likeness (QED) is 0.736. The molecule has 0 saturated carbocycles. The van der Waals surface area contributed by atoms with Crippen LogP contribution >= 0.6 is 0 Å². The van der Waals surface area contributed by atoms with Crippen molar-refractivity contribution < 1.29 is 23.7 Å². The third-order valence-corrected chi connectivity index (χ3v) is 6.39. The first-order chi connectivity index (χ1) is 15.2. The molecule has 0 radical (unpaired) electrons. The summed E-state index contributed by atoms with van der Waals surface area (Å²) in [6.45, 7) is 3.81. The molecule has 0 N–H and O–H groups in total. The van der Waals surface area contributed by atoms with Crippen LogP contribution in [0.4, 0.5) is 0 Å². The van der Waals surface area contributed by atoms with Crippen LogP contribution in [0.5, 0.6) is 23.0 Å². The lowest BCUT2D eigenvalue weighted by Crippen LogP contribution is -2.51. The zero-order chi connectivity index (χ0) is 21.4. The summed E-state index contributed by atoms with van der Waals surface area (Å²) < 4.78 is 22.8. The Morgan fingerprint density at radius 2 is 1.87 bits per heavy atom. The first-order valence-electron chi connectivity index (χ1n) is 10.8. The summed E-state index contributed by atoms with van der Waals surface area (Å²) in [5.74, 6) is 2.95. The minimum absolute atomic E-state index is 0.00588. The minimum Gasteiger partial charge on any atom is -0.493 e. The van der Waals surface area contributed by atoms with E-state index >= 15 is 0 Å². The van der Waals surface area contributed by atoms with E-state index in [-0.39, 0.29) is 18.1 Å². The lowest BCUT2D eigenvalue weighted by atomic mass is 10.0. The van der Waals surface area contributed by atoms with Gasteiger partial charge in [-0.25, -0.2) is 0 Å². The van der Waals surface area contributed by atoms with Crippen LogP contribution in [-0.4, -0.2) is 68.3 Å². The molecular weight excluding hydrogens is 396 g/mol. The summed E-state index contributed by atoms with van der Waals surface area (Å²) in [5.41, 5.74) is 1.72. The van der Waals surface area contributed by atoms with E-state index in [9.17, 15) is 4.79 Å². The standard InChI is InChI=1S/C24H28N2O5/c1-28-22-10-16-12-26(24(27)19(16)11-23(22)29-2)17-6-5-9-25(13-17)14-18-15-30-20-7-3-4-8-21(20)31-18/h3-4,7-8,10-11,17-18H,5-6,9,12-15H2,1-2H3. The molecular formula is C24H28N2O5. The molecule has 0 aliphatic carbocycles. The molecule has 31 heavy (non-hydrogen) atoms. The molecule has 3 heterocycles. The van der Waals surface area contributed by atoms with Gasteiger partial charge in [0, 0.05) is 31.2 Å². The van der Waals surface area contributed by atoms with Gasteiger partial charge in [0.25, 0.3) is 5.91 Å². The highest BCUT2D eigenvalue weighted by Gasteiger charge is 2.36. The normalized spacial score (nSPS) is 22.9. The largest absolute Gasteiger partial charge is 0.493 e. The number of hydrogen-bond acceptors (Lipinski definition) is 6. The van der Waals surface area contributed by atoms with Gasteiger partial charge in [-0.15, -0.1) is 0 Å². The maximum atomic E-state index is 13.2. The Kier molecular flexibility index (Phi) is 5.36. The first-order valence-corrected chi connectivity index (χ1v) is 10.8. The van der Waals surface area contributed by atoms with Crippen LogP contribution in [0.2, 0.25) is 0 Å². The molecule has 3 aliphatic heterocycles. The van der Waals surface area contributed by atoms with Crippen LogP contribution < -0.4 is 18.9 Å². The summed E-state index contributed by atoms with van der Waals surface area (Å²) >= 11 is 0. The van der Waals surface area contributed by atoms with E-state index in [0.717, 1.165) is 55.1 Å². The van der Waals surface area contributed by atoms with Crippen LogP contribution in [-0.2, 0) is 6.54 Å². The van der Waals surface area contributed by atoms with Gasteiger partial charge >= 0.3 is 0 Å². The van der Waals surface area contributed by atoms with Crippen LogP contribution in [0.25, 0.3) is 0 Å². The molecule has 0 aromatic heterocycles. The molecule has 7 nitrogen and oxygen atoms in total. The number of carbonyl (C=O) groups excluding carboxylic acids is 1. The molecule has 7 heteroatoms. The van der Waals surface area contributed by atoms with Crippen LogP contribution in [0.1, 0.15) is 28.8 Å². The number of hydrogen-bond donors (Lipinski definition) is 0. The van der Waals surface area contributed by atoms with Crippen molar-refractivity contribution >= 4 is 5.91 Å². The second kappa shape index (κ2) is 8.30. The van der Waals surface area contributed by atoms with Gasteiger partial charge in [0.15, 0.2) is 23.0 Å². The number of benzene rings is 2. The highest BCUT2D eigenvalue weighted by molar-refractivity contribution is 5.99. The number of amides is 1. The number of ether oxygens (including phenoxy) is 4. The van der Waals surface area contributed by atoms with Gasteiger partial charge in [0.1, 0.15) is 12.7 Å². The molecule has 1 fully saturated rings. The first kappa shape index (κ1) is 20.0. The van der Waals surface area contributed by atoms with E-state index in [4.69, 9.17) is 18.9 Å². The Morgan fingerprint density at radius 3 is 2.68 bits per heavy atom. The molecule has 2 aromatic rings. The molecule has 1 amide bonds. The van der Waals surface area contributed by atoms with Crippen molar-refractivity contribution in [3.63, 3.8) is 0 Å². The van der Waals surface area contributed by atoms with E-state index in [0.29, 0.717) is 24.7 Å². The maximum Gasteiger partial charge on any atom is 0.254 e. The van der Waals surface area contributed by atoms with Gasteiger partial charge in [0.2, 0.25) is 0 Å². The third-order valence-electron chi connectivity index (χ3n) is 6.39. The van der Waals surface area contributed by atoms with E-state index < -0.39 is 0 Å². The topological polar surface area (TPSA) is 60.5 Å². The number of carbonyl (C=O) groups is 1. The Morgan fingerprint density at radius 1 is 1.10 bits per heavy atom. The fourth-order valence-electron chi connectivity index (χ4n) is 4.85. The zero-order valence-corrected chi connectivity index (χ0v) is 18.0. The molecule has 2 atom stereocenters. The summed E-state index contributed by atoms with van der Waals surface area (Å²) in [7, 11) is 3.21. The Balaban J connectivity index is 1.25. The van der Waals surface area contributed by atoms with E-state index in [1.807, 2.05) is 41.3 Å². The highest BCUT2D eigenvalue weighted by Crippen LogP contribution is 2.37. The number of likely N-dealkylation sites (tertiary alicyclic amines) is 1. The smallest absolute Gasteiger partial charge is 0.254 e. The van der Waals surface area contributed by atoms with Gasteiger partial charge in [-0.05, 0) is 49.2 Å². The van der Waals surface area contributed by atoms with Crippen LogP contribution in [0, 0.1) is 0 Å². The van der Waals surface area contributed by atoms with Gasteiger partial charge in [-0.2, -0.15) is 0 Å². The fraction of sp³-hybridized carbons (Fsp3) is 0.458. The number of nitrogens with zero attached hydrogens (tertiary/aromatic N) is 2. The Bertz CT molecular complexity index is 978. The van der Waals surface area contributed by atoms with Crippen molar-refractivity contribution in [2.24, 2.45) is 0 Å². The Hall–Kier alpha value is -2.93. The van der Waals surface area contributed by atoms with Crippen molar-refractivity contribution in [2.45, 2.75) is 31.5 Å². The van der Waals surface area contributed by atoms with E-state index in [2.05, 4.69) is 4.90 Å². The second-order valence-electron chi connectivity index (χ2n) is 8.35. The monoisotopic (exact) mass is 424 g/mol. The second-order valence-corrected chi connectivity index (χ2v) is 8.35. The number of fused-ring (bicyclic) bond motifs is 2. The summed E-state index contributed by atoms with van der Waals surface area (Å²) in [6.07, 6.45) is 2.06. The number of rotatable bonds is 5.